The minimum absolute atomic E-state index is 0.552. The van der Waals surface area contributed by atoms with Crippen molar-refractivity contribution in [3.05, 3.63) is 41.7 Å². The Bertz CT molecular complexity index is 643. The highest BCUT2D eigenvalue weighted by Gasteiger charge is 2.14. The second-order valence-electron chi connectivity index (χ2n) is 6.61. The predicted molar refractivity (Wildman–Crippen MR) is 96.6 cm³/mol. The van der Waals surface area contributed by atoms with Crippen LogP contribution >= 0.6 is 0 Å². The van der Waals surface area contributed by atoms with Crippen molar-refractivity contribution in [3.63, 3.8) is 0 Å². The third kappa shape index (κ3) is 4.01. The van der Waals surface area contributed by atoms with Crippen LogP contribution in [-0.2, 0) is 0 Å². The van der Waals surface area contributed by atoms with Gasteiger partial charge in [-0.3, -0.25) is 0 Å². The summed E-state index contributed by atoms with van der Waals surface area (Å²) < 4.78 is 0. The summed E-state index contributed by atoms with van der Waals surface area (Å²) in [6.45, 7) is 8.57. The number of rotatable bonds is 4. The van der Waals surface area contributed by atoms with E-state index in [1.54, 1.807) is 0 Å². The summed E-state index contributed by atoms with van der Waals surface area (Å²) in [6.07, 6.45) is 3.83. The van der Waals surface area contributed by atoms with E-state index in [0.717, 1.165) is 36.2 Å². The number of benzene rings is 1. The van der Waals surface area contributed by atoms with Crippen molar-refractivity contribution in [2.75, 3.05) is 23.3 Å². The molecule has 122 valence electrons. The maximum absolute atomic E-state index is 4.61. The van der Waals surface area contributed by atoms with Gasteiger partial charge in [0.05, 0.1) is 0 Å². The van der Waals surface area contributed by atoms with Crippen LogP contribution < -0.4 is 10.2 Å². The number of aryl methyl sites for hydroxylation is 1. The molecule has 0 radical (unpaired) electrons. The Morgan fingerprint density at radius 2 is 1.70 bits per heavy atom. The summed E-state index contributed by atoms with van der Waals surface area (Å²) in [4.78, 5) is 11.5. The van der Waals surface area contributed by atoms with Gasteiger partial charge < -0.3 is 10.2 Å². The fraction of sp³-hybridized carbons (Fsp3) is 0.474. The van der Waals surface area contributed by atoms with E-state index in [9.17, 15) is 0 Å². The fourth-order valence-corrected chi connectivity index (χ4v) is 3.00. The van der Waals surface area contributed by atoms with E-state index in [4.69, 9.17) is 0 Å². The number of hydrogen-bond acceptors (Lipinski definition) is 4. The minimum Gasteiger partial charge on any atom is -0.356 e. The van der Waals surface area contributed by atoms with Crippen LogP contribution in [0.4, 0.5) is 17.3 Å². The standard InChI is InChI=1S/C19H26N4/c1-14(2)16-7-9-17(10-8-16)22-18-13-19(21-15(3)20-18)23-11-5-4-6-12-23/h7-10,13-14H,4-6,11-12H2,1-3H3,(H,20,21,22). The molecule has 0 unspecified atom stereocenters. The Kier molecular flexibility index (Phi) is 4.79. The van der Waals surface area contributed by atoms with Crippen LogP contribution in [0.3, 0.4) is 0 Å². The van der Waals surface area contributed by atoms with Gasteiger partial charge in [-0.1, -0.05) is 26.0 Å². The van der Waals surface area contributed by atoms with Crippen molar-refractivity contribution in [1.82, 2.24) is 9.97 Å². The highest BCUT2D eigenvalue weighted by Crippen LogP contribution is 2.23. The van der Waals surface area contributed by atoms with Crippen molar-refractivity contribution < 1.29 is 0 Å². The van der Waals surface area contributed by atoms with Gasteiger partial charge in [0.2, 0.25) is 0 Å². The van der Waals surface area contributed by atoms with Gasteiger partial charge in [-0.15, -0.1) is 0 Å². The Morgan fingerprint density at radius 3 is 2.35 bits per heavy atom. The largest absolute Gasteiger partial charge is 0.356 e. The third-order valence-corrected chi connectivity index (χ3v) is 4.35. The zero-order valence-electron chi connectivity index (χ0n) is 14.3. The van der Waals surface area contributed by atoms with Crippen LogP contribution in [-0.4, -0.2) is 23.1 Å². The number of nitrogens with one attached hydrogen (secondary N) is 1. The van der Waals surface area contributed by atoms with Gasteiger partial charge in [-0.2, -0.15) is 0 Å². The Balaban J connectivity index is 1.78. The third-order valence-electron chi connectivity index (χ3n) is 4.35. The molecule has 0 saturated carbocycles. The molecule has 23 heavy (non-hydrogen) atoms. The quantitative estimate of drug-likeness (QED) is 0.893. The lowest BCUT2D eigenvalue weighted by atomic mass is 10.0. The molecule has 2 aromatic rings. The maximum atomic E-state index is 4.61. The second-order valence-corrected chi connectivity index (χ2v) is 6.61. The molecule has 0 amide bonds. The monoisotopic (exact) mass is 310 g/mol. The van der Waals surface area contributed by atoms with Crippen LogP contribution in [0, 0.1) is 6.92 Å². The van der Waals surface area contributed by atoms with Crippen molar-refractivity contribution >= 4 is 17.3 Å². The lowest BCUT2D eigenvalue weighted by Crippen LogP contribution is -2.30. The molecule has 0 bridgehead atoms. The van der Waals surface area contributed by atoms with E-state index in [-0.39, 0.29) is 0 Å². The molecule has 0 aliphatic carbocycles. The van der Waals surface area contributed by atoms with Gasteiger partial charge in [0, 0.05) is 24.8 Å². The maximum Gasteiger partial charge on any atom is 0.136 e. The highest BCUT2D eigenvalue weighted by atomic mass is 15.2. The molecule has 1 aliphatic heterocycles. The molecule has 1 aromatic heterocycles. The van der Waals surface area contributed by atoms with Crippen LogP contribution in [0.25, 0.3) is 0 Å². The van der Waals surface area contributed by atoms with Gasteiger partial charge in [0.25, 0.3) is 0 Å². The van der Waals surface area contributed by atoms with E-state index in [1.807, 2.05) is 6.92 Å². The first-order chi connectivity index (χ1) is 11.1. The molecule has 1 saturated heterocycles. The molecule has 1 fully saturated rings. The molecular weight excluding hydrogens is 284 g/mol. The van der Waals surface area contributed by atoms with Crippen LogP contribution in [0.5, 0.6) is 0 Å². The molecule has 1 N–H and O–H groups in total. The molecule has 4 heteroatoms. The Labute approximate surface area is 139 Å². The first-order valence-corrected chi connectivity index (χ1v) is 8.59. The lowest BCUT2D eigenvalue weighted by molar-refractivity contribution is 0.572. The highest BCUT2D eigenvalue weighted by molar-refractivity contribution is 5.60. The van der Waals surface area contributed by atoms with Crippen molar-refractivity contribution in [3.8, 4) is 0 Å². The summed E-state index contributed by atoms with van der Waals surface area (Å²) >= 11 is 0. The van der Waals surface area contributed by atoms with Gasteiger partial charge in [0.1, 0.15) is 17.5 Å². The average Bonchev–Trinajstić information content (AvgIpc) is 2.55. The Hall–Kier alpha value is -2.10. The van der Waals surface area contributed by atoms with E-state index >= 15 is 0 Å². The van der Waals surface area contributed by atoms with Crippen LogP contribution in [0.1, 0.15) is 50.4 Å². The molecule has 2 heterocycles. The fourth-order valence-electron chi connectivity index (χ4n) is 3.00. The van der Waals surface area contributed by atoms with E-state index in [2.05, 4.69) is 64.4 Å². The van der Waals surface area contributed by atoms with Crippen molar-refractivity contribution in [2.45, 2.75) is 46.0 Å². The molecule has 3 rings (SSSR count). The number of hydrogen-bond donors (Lipinski definition) is 1. The minimum atomic E-state index is 0.552. The lowest BCUT2D eigenvalue weighted by Gasteiger charge is -2.28. The molecule has 1 aliphatic rings. The summed E-state index contributed by atoms with van der Waals surface area (Å²) in [5.41, 5.74) is 2.42. The normalized spacial score (nSPS) is 15.0. The molecule has 0 atom stereocenters. The summed E-state index contributed by atoms with van der Waals surface area (Å²) in [6, 6.07) is 10.6. The average molecular weight is 310 g/mol. The summed E-state index contributed by atoms with van der Waals surface area (Å²) in [5.74, 6) is 3.28. The van der Waals surface area contributed by atoms with E-state index < -0.39 is 0 Å². The van der Waals surface area contributed by atoms with E-state index in [0.29, 0.717) is 5.92 Å². The van der Waals surface area contributed by atoms with E-state index in [1.165, 1.54) is 24.8 Å². The molecule has 4 nitrogen and oxygen atoms in total. The first kappa shape index (κ1) is 15.8. The predicted octanol–water partition coefficient (Wildman–Crippen LogP) is 4.64. The SMILES string of the molecule is Cc1nc(Nc2ccc(C(C)C)cc2)cc(N2CCCCC2)n1. The van der Waals surface area contributed by atoms with Crippen molar-refractivity contribution in [2.24, 2.45) is 0 Å². The first-order valence-electron chi connectivity index (χ1n) is 8.59. The van der Waals surface area contributed by atoms with Gasteiger partial charge >= 0.3 is 0 Å². The molecular formula is C19H26N4. The van der Waals surface area contributed by atoms with Gasteiger partial charge in [-0.05, 0) is 49.8 Å². The van der Waals surface area contributed by atoms with Crippen LogP contribution in [0.2, 0.25) is 0 Å². The van der Waals surface area contributed by atoms with Gasteiger partial charge in [0.15, 0.2) is 0 Å². The molecule has 0 spiro atoms. The zero-order valence-corrected chi connectivity index (χ0v) is 14.3. The number of aromatic nitrogens is 2. The second kappa shape index (κ2) is 6.99. The van der Waals surface area contributed by atoms with Gasteiger partial charge in [-0.25, -0.2) is 9.97 Å². The summed E-state index contributed by atoms with van der Waals surface area (Å²) in [7, 11) is 0. The topological polar surface area (TPSA) is 41.1 Å². The van der Waals surface area contributed by atoms with Crippen LogP contribution in [0.15, 0.2) is 30.3 Å². The smallest absolute Gasteiger partial charge is 0.136 e. The zero-order chi connectivity index (χ0) is 16.2. The van der Waals surface area contributed by atoms with Crippen molar-refractivity contribution in [1.29, 1.82) is 0 Å². The summed E-state index contributed by atoms with van der Waals surface area (Å²) in [5, 5.41) is 3.41. The number of anilines is 3. The number of piperidine rings is 1. The molecule has 1 aromatic carbocycles. The Morgan fingerprint density at radius 1 is 1.00 bits per heavy atom. The number of nitrogens with zero attached hydrogens (tertiary/aromatic N) is 3.